The molecule has 0 aromatic heterocycles. The lowest BCUT2D eigenvalue weighted by Crippen LogP contribution is -2.12. The van der Waals surface area contributed by atoms with Gasteiger partial charge in [0.05, 0.1) is 12.2 Å². The molecule has 0 aliphatic carbocycles. The van der Waals surface area contributed by atoms with Crippen LogP contribution in [0.5, 0.6) is 5.75 Å². The molecule has 3 heteroatoms. The molecule has 1 aromatic rings. The molecular formula is C9H12N2O. The number of nitrogens with two attached hydrogens (primary N) is 1. The molecule has 64 valence electrons. The number of hydrogen-bond donors (Lipinski definition) is 2. The molecule has 0 unspecified atom stereocenters. The monoisotopic (exact) mass is 166 g/mol. The van der Waals surface area contributed by atoms with Crippen LogP contribution in [0.2, 0.25) is 0 Å². The van der Waals surface area contributed by atoms with Crippen molar-refractivity contribution in [1.29, 1.82) is 5.41 Å². The van der Waals surface area contributed by atoms with Crippen molar-refractivity contribution in [1.82, 2.24) is 0 Å². The predicted molar refractivity (Wildman–Crippen MR) is 48.6 cm³/mol. The lowest BCUT2D eigenvalue weighted by atomic mass is 10.3. The molecule has 1 aromatic carbocycles. The van der Waals surface area contributed by atoms with Crippen LogP contribution in [0.4, 0.5) is 0 Å². The summed E-state index contributed by atoms with van der Waals surface area (Å²) in [4.78, 5) is 0. The number of hydrogen-bond acceptors (Lipinski definition) is 2. The first-order chi connectivity index (χ1) is 5.75. The molecule has 3 N–H and O–H groups in total. The molecule has 0 amide bonds. The number of para-hydroxylation sites is 1. The average molecular weight is 166 g/mol. The second-order valence-corrected chi connectivity index (χ2v) is 2.34. The fraction of sp³-hybridized carbons (Fsp3) is 0.222. The minimum absolute atomic E-state index is 0.0408. The number of ether oxygens (including phenoxy) is 1. The second kappa shape index (κ2) is 3.76. The summed E-state index contributed by atoms with van der Waals surface area (Å²) in [5.74, 6) is 0.714. The van der Waals surface area contributed by atoms with E-state index in [0.29, 0.717) is 17.9 Å². The van der Waals surface area contributed by atoms with Gasteiger partial charge in [-0.3, -0.25) is 5.41 Å². The van der Waals surface area contributed by atoms with Crippen LogP contribution < -0.4 is 10.5 Å². The Morgan fingerprint density at radius 3 is 2.75 bits per heavy atom. The molecule has 12 heavy (non-hydrogen) atoms. The van der Waals surface area contributed by atoms with Gasteiger partial charge >= 0.3 is 0 Å². The van der Waals surface area contributed by atoms with Gasteiger partial charge < -0.3 is 10.5 Å². The first kappa shape index (κ1) is 8.59. The van der Waals surface area contributed by atoms with Crippen molar-refractivity contribution in [2.24, 2.45) is 5.73 Å². The van der Waals surface area contributed by atoms with Crippen molar-refractivity contribution >= 4 is 5.84 Å². The summed E-state index contributed by atoms with van der Waals surface area (Å²) in [5.41, 5.74) is 6.00. The molecule has 0 saturated heterocycles. The van der Waals surface area contributed by atoms with Crippen molar-refractivity contribution in [3.05, 3.63) is 29.8 Å². The van der Waals surface area contributed by atoms with Crippen LogP contribution in [0.3, 0.4) is 0 Å². The second-order valence-electron chi connectivity index (χ2n) is 2.34. The molecule has 0 radical (unpaired) electrons. The summed E-state index contributed by atoms with van der Waals surface area (Å²) >= 11 is 0. The minimum atomic E-state index is 0.0408. The quantitative estimate of drug-likeness (QED) is 0.526. The van der Waals surface area contributed by atoms with Crippen molar-refractivity contribution in [3.8, 4) is 5.75 Å². The van der Waals surface area contributed by atoms with E-state index in [4.69, 9.17) is 15.9 Å². The van der Waals surface area contributed by atoms with Crippen LogP contribution in [0.25, 0.3) is 0 Å². The molecule has 1 rings (SSSR count). The third kappa shape index (κ3) is 1.75. The van der Waals surface area contributed by atoms with E-state index in [0.717, 1.165) is 0 Å². The van der Waals surface area contributed by atoms with Gasteiger partial charge in [0.2, 0.25) is 0 Å². The molecule has 0 aliphatic heterocycles. The summed E-state index contributed by atoms with van der Waals surface area (Å²) in [5, 5.41) is 7.25. The highest BCUT2D eigenvalue weighted by Crippen LogP contribution is 2.16. The maximum atomic E-state index is 7.25. The van der Waals surface area contributed by atoms with Gasteiger partial charge in [-0.15, -0.1) is 0 Å². The molecule has 0 aliphatic rings. The number of benzene rings is 1. The Morgan fingerprint density at radius 2 is 2.17 bits per heavy atom. The first-order valence-corrected chi connectivity index (χ1v) is 3.82. The number of amidine groups is 1. The van der Waals surface area contributed by atoms with Gasteiger partial charge in [-0.2, -0.15) is 0 Å². The zero-order chi connectivity index (χ0) is 8.97. The maximum Gasteiger partial charge on any atom is 0.130 e. The molecule has 0 atom stereocenters. The fourth-order valence-corrected chi connectivity index (χ4v) is 0.971. The van der Waals surface area contributed by atoms with E-state index in [1.165, 1.54) is 0 Å². The molecule has 0 bridgehead atoms. The first-order valence-electron chi connectivity index (χ1n) is 3.82. The smallest absolute Gasteiger partial charge is 0.130 e. The topological polar surface area (TPSA) is 59.1 Å². The standard InChI is InChI=1S/C9H12N2O/c1-2-12-8-6-4-3-5-7(8)9(10)11/h3-6H,2H2,1H3,(H3,10,11)/i9+2. The van der Waals surface area contributed by atoms with Gasteiger partial charge in [-0.1, -0.05) is 12.1 Å². The van der Waals surface area contributed by atoms with Crippen LogP contribution in [-0.2, 0) is 0 Å². The number of nitrogens with one attached hydrogen (secondary N) is 1. The third-order valence-electron chi connectivity index (χ3n) is 1.48. The van der Waals surface area contributed by atoms with Crippen LogP contribution in [-0.4, -0.2) is 12.4 Å². The minimum Gasteiger partial charge on any atom is -0.493 e. The van der Waals surface area contributed by atoms with Gasteiger partial charge in [-0.25, -0.2) is 0 Å². The Balaban J connectivity index is 3.00. The van der Waals surface area contributed by atoms with Crippen molar-refractivity contribution in [2.75, 3.05) is 6.61 Å². The highest BCUT2D eigenvalue weighted by molar-refractivity contribution is 5.97. The summed E-state index contributed by atoms with van der Waals surface area (Å²) < 4.78 is 5.28. The van der Waals surface area contributed by atoms with Gasteiger partial charge in [0.1, 0.15) is 11.6 Å². The van der Waals surface area contributed by atoms with E-state index >= 15 is 0 Å². The summed E-state index contributed by atoms with van der Waals surface area (Å²) in [7, 11) is 0. The molecule has 0 spiro atoms. The third-order valence-corrected chi connectivity index (χ3v) is 1.48. The Labute approximate surface area is 71.7 Å². The number of nitrogen functional groups attached to an aromatic ring is 1. The molecular weight excluding hydrogens is 154 g/mol. The molecule has 0 heterocycles. The Morgan fingerprint density at radius 1 is 1.50 bits per heavy atom. The average Bonchev–Trinajstić information content (AvgIpc) is 2.05. The van der Waals surface area contributed by atoms with E-state index < -0.39 is 0 Å². The zero-order valence-electron chi connectivity index (χ0n) is 7.00. The lowest BCUT2D eigenvalue weighted by Gasteiger charge is -2.07. The lowest BCUT2D eigenvalue weighted by molar-refractivity contribution is 0.339. The van der Waals surface area contributed by atoms with Crippen LogP contribution in [0.1, 0.15) is 12.5 Å². The van der Waals surface area contributed by atoms with E-state index in [1.807, 2.05) is 19.1 Å². The number of rotatable bonds is 3. The van der Waals surface area contributed by atoms with Gasteiger partial charge in [-0.05, 0) is 19.1 Å². The Bertz CT molecular complexity index is 284. The van der Waals surface area contributed by atoms with Crippen molar-refractivity contribution < 1.29 is 4.74 Å². The SMILES string of the molecule is CCOc1ccccc1[14C](=N)N. The maximum absolute atomic E-state index is 7.25. The van der Waals surface area contributed by atoms with Gasteiger partial charge in [0.15, 0.2) is 0 Å². The fourth-order valence-electron chi connectivity index (χ4n) is 0.971. The molecule has 3 nitrogen and oxygen atoms in total. The van der Waals surface area contributed by atoms with Crippen LogP contribution in [0, 0.1) is 5.41 Å². The highest BCUT2D eigenvalue weighted by Gasteiger charge is 2.03. The summed E-state index contributed by atoms with van der Waals surface area (Å²) in [6.07, 6.45) is 0. The van der Waals surface area contributed by atoms with E-state index in [9.17, 15) is 0 Å². The highest BCUT2D eigenvalue weighted by atomic mass is 16.5. The van der Waals surface area contributed by atoms with E-state index in [2.05, 4.69) is 0 Å². The van der Waals surface area contributed by atoms with Gasteiger partial charge in [0, 0.05) is 0 Å². The van der Waals surface area contributed by atoms with Crippen LogP contribution >= 0.6 is 0 Å². The Kier molecular flexibility index (Phi) is 2.69. The molecule has 0 saturated carbocycles. The van der Waals surface area contributed by atoms with Crippen molar-refractivity contribution in [3.63, 3.8) is 0 Å². The van der Waals surface area contributed by atoms with Gasteiger partial charge in [0.25, 0.3) is 0 Å². The van der Waals surface area contributed by atoms with Crippen LogP contribution in [0.15, 0.2) is 24.3 Å². The van der Waals surface area contributed by atoms with Crippen molar-refractivity contribution in [2.45, 2.75) is 6.92 Å². The molecule has 0 fully saturated rings. The van der Waals surface area contributed by atoms with E-state index in [-0.39, 0.29) is 5.84 Å². The van der Waals surface area contributed by atoms with E-state index in [1.54, 1.807) is 12.1 Å². The Hall–Kier alpha value is -1.51. The summed E-state index contributed by atoms with van der Waals surface area (Å²) in [6.45, 7) is 2.49. The largest absolute Gasteiger partial charge is 0.493 e. The normalized spacial score (nSPS) is 9.42. The summed E-state index contributed by atoms with van der Waals surface area (Å²) in [6, 6.07) is 7.27. The zero-order valence-corrected chi connectivity index (χ0v) is 7.00. The predicted octanol–water partition coefficient (Wildman–Crippen LogP) is 1.37.